The first-order valence-corrected chi connectivity index (χ1v) is 7.95. The van der Waals surface area contributed by atoms with Crippen LogP contribution in [0.5, 0.6) is 5.75 Å². The van der Waals surface area contributed by atoms with Gasteiger partial charge in [-0.3, -0.25) is 9.59 Å². The predicted molar refractivity (Wildman–Crippen MR) is 88.3 cm³/mol. The molecule has 1 aromatic heterocycles. The fourth-order valence-corrected chi connectivity index (χ4v) is 2.26. The van der Waals surface area contributed by atoms with Crippen LogP contribution >= 0.6 is 15.9 Å². The van der Waals surface area contributed by atoms with Crippen LogP contribution in [-0.2, 0) is 11.3 Å². The van der Waals surface area contributed by atoms with Crippen LogP contribution in [0.15, 0.2) is 45.5 Å². The van der Waals surface area contributed by atoms with E-state index in [0.29, 0.717) is 4.67 Å². The van der Waals surface area contributed by atoms with Crippen LogP contribution in [0.3, 0.4) is 0 Å². The summed E-state index contributed by atoms with van der Waals surface area (Å²) < 4.78 is 33.9. The second-order valence-electron chi connectivity index (χ2n) is 5.06. The first kappa shape index (κ1) is 18.9. The molecule has 6 nitrogen and oxygen atoms in total. The molecule has 1 N–H and O–H groups in total. The van der Waals surface area contributed by atoms with Crippen molar-refractivity contribution >= 4 is 27.7 Å². The summed E-state index contributed by atoms with van der Waals surface area (Å²) in [5.74, 6) is -0.672. The number of nitrogens with one attached hydrogen (secondary N) is 1. The second kappa shape index (κ2) is 8.61. The molecule has 0 spiro atoms. The lowest BCUT2D eigenvalue weighted by Crippen LogP contribution is -2.37. The molecule has 1 heterocycles. The Bertz CT molecular complexity index is 734. The highest BCUT2D eigenvalue weighted by molar-refractivity contribution is 9.10. The average molecular weight is 417 g/mol. The quantitative estimate of drug-likeness (QED) is 0.752. The minimum absolute atomic E-state index is 0.0459. The number of carbonyl (C=O) groups excluding carboxylic acids is 2. The third kappa shape index (κ3) is 5.86. The SMILES string of the molecule is CN(Cc1ccc(OC(F)F)cc1)C(=O)CNC(=O)c1ccc(Br)o1. The molecule has 0 fully saturated rings. The highest BCUT2D eigenvalue weighted by Crippen LogP contribution is 2.16. The van der Waals surface area contributed by atoms with Crippen molar-refractivity contribution in [1.82, 2.24) is 10.2 Å². The summed E-state index contributed by atoms with van der Waals surface area (Å²) >= 11 is 3.09. The van der Waals surface area contributed by atoms with Gasteiger partial charge in [0.1, 0.15) is 5.75 Å². The molecular formula is C16H15BrF2N2O4. The van der Waals surface area contributed by atoms with Gasteiger partial charge in [-0.2, -0.15) is 8.78 Å². The molecule has 134 valence electrons. The number of carbonyl (C=O) groups is 2. The van der Waals surface area contributed by atoms with E-state index in [1.54, 1.807) is 25.2 Å². The maximum atomic E-state index is 12.1. The zero-order valence-corrected chi connectivity index (χ0v) is 14.8. The van der Waals surface area contributed by atoms with E-state index >= 15 is 0 Å². The molecular weight excluding hydrogens is 402 g/mol. The van der Waals surface area contributed by atoms with Crippen LogP contribution in [0.2, 0.25) is 0 Å². The highest BCUT2D eigenvalue weighted by atomic mass is 79.9. The minimum atomic E-state index is -2.88. The van der Waals surface area contributed by atoms with E-state index in [2.05, 4.69) is 26.0 Å². The number of halogens is 3. The molecule has 0 aliphatic rings. The highest BCUT2D eigenvalue weighted by Gasteiger charge is 2.14. The van der Waals surface area contributed by atoms with Crippen molar-refractivity contribution in [3.8, 4) is 5.75 Å². The van der Waals surface area contributed by atoms with Crippen molar-refractivity contribution in [3.05, 3.63) is 52.4 Å². The topological polar surface area (TPSA) is 71.8 Å². The molecule has 0 saturated carbocycles. The number of amides is 2. The normalized spacial score (nSPS) is 10.6. The Morgan fingerprint density at radius 1 is 1.24 bits per heavy atom. The number of benzene rings is 1. The molecule has 0 bridgehead atoms. The summed E-state index contributed by atoms with van der Waals surface area (Å²) in [5.41, 5.74) is 0.735. The monoisotopic (exact) mass is 416 g/mol. The van der Waals surface area contributed by atoms with E-state index in [1.165, 1.54) is 23.1 Å². The Kier molecular flexibility index (Phi) is 6.51. The maximum absolute atomic E-state index is 12.1. The summed E-state index contributed by atoms with van der Waals surface area (Å²) in [5, 5.41) is 2.46. The third-order valence-corrected chi connectivity index (χ3v) is 3.62. The van der Waals surface area contributed by atoms with Gasteiger partial charge in [-0.1, -0.05) is 12.1 Å². The van der Waals surface area contributed by atoms with Crippen LogP contribution in [0, 0.1) is 0 Å². The lowest BCUT2D eigenvalue weighted by molar-refractivity contribution is -0.129. The number of hydrogen-bond donors (Lipinski definition) is 1. The number of nitrogens with zero attached hydrogens (tertiary/aromatic N) is 1. The van der Waals surface area contributed by atoms with E-state index in [1.807, 2.05) is 0 Å². The molecule has 0 aliphatic carbocycles. The average Bonchev–Trinajstić information content (AvgIpc) is 3.00. The zero-order valence-electron chi connectivity index (χ0n) is 13.2. The molecule has 9 heteroatoms. The predicted octanol–water partition coefficient (Wildman–Crippen LogP) is 3.03. The Morgan fingerprint density at radius 2 is 1.92 bits per heavy atom. The summed E-state index contributed by atoms with van der Waals surface area (Å²) in [6, 6.07) is 9.02. The standard InChI is InChI=1S/C16H15BrF2N2O4/c1-21(9-10-2-4-11(5-3-10)24-16(18)19)14(22)8-20-15(23)12-6-7-13(17)25-12/h2-7,16H,8-9H2,1H3,(H,20,23). The van der Waals surface area contributed by atoms with Crippen LogP contribution in [0.4, 0.5) is 8.78 Å². The molecule has 2 rings (SSSR count). The summed E-state index contributed by atoms with van der Waals surface area (Å²) in [4.78, 5) is 25.2. The van der Waals surface area contributed by atoms with Gasteiger partial charge in [0.05, 0.1) is 6.54 Å². The number of rotatable bonds is 7. The van der Waals surface area contributed by atoms with Gasteiger partial charge >= 0.3 is 6.61 Å². The molecule has 1 aromatic carbocycles. The van der Waals surface area contributed by atoms with Gasteiger partial charge < -0.3 is 19.4 Å². The summed E-state index contributed by atoms with van der Waals surface area (Å²) in [7, 11) is 1.57. The second-order valence-corrected chi connectivity index (χ2v) is 5.84. The molecule has 0 unspecified atom stereocenters. The van der Waals surface area contributed by atoms with Crippen molar-refractivity contribution in [1.29, 1.82) is 0 Å². The molecule has 0 radical (unpaired) electrons. The van der Waals surface area contributed by atoms with E-state index < -0.39 is 12.5 Å². The van der Waals surface area contributed by atoms with Crippen molar-refractivity contribution in [2.75, 3.05) is 13.6 Å². The lowest BCUT2D eigenvalue weighted by Gasteiger charge is -2.17. The summed E-state index contributed by atoms with van der Waals surface area (Å²) in [6.07, 6.45) is 0. The largest absolute Gasteiger partial charge is 0.444 e. The molecule has 0 atom stereocenters. The van der Waals surface area contributed by atoms with E-state index in [-0.39, 0.29) is 30.5 Å². The lowest BCUT2D eigenvalue weighted by atomic mass is 10.2. The zero-order chi connectivity index (χ0) is 18.4. The van der Waals surface area contributed by atoms with E-state index in [0.717, 1.165) is 5.56 Å². The van der Waals surface area contributed by atoms with Crippen LogP contribution in [-0.4, -0.2) is 36.9 Å². The van der Waals surface area contributed by atoms with Crippen molar-refractivity contribution in [3.63, 3.8) is 0 Å². The molecule has 2 amide bonds. The van der Waals surface area contributed by atoms with Crippen LogP contribution < -0.4 is 10.1 Å². The van der Waals surface area contributed by atoms with Crippen molar-refractivity contribution in [2.24, 2.45) is 0 Å². The van der Waals surface area contributed by atoms with Gasteiger partial charge in [-0.15, -0.1) is 0 Å². The maximum Gasteiger partial charge on any atom is 0.387 e. The Morgan fingerprint density at radius 3 is 2.48 bits per heavy atom. The van der Waals surface area contributed by atoms with Gasteiger partial charge in [0, 0.05) is 13.6 Å². The molecule has 25 heavy (non-hydrogen) atoms. The fourth-order valence-electron chi connectivity index (χ4n) is 1.95. The van der Waals surface area contributed by atoms with Gasteiger partial charge in [-0.05, 0) is 45.8 Å². The molecule has 0 aliphatic heterocycles. The number of alkyl halides is 2. The Balaban J connectivity index is 1.82. The number of ether oxygens (including phenoxy) is 1. The Labute approximate surface area is 150 Å². The van der Waals surface area contributed by atoms with Gasteiger partial charge in [0.15, 0.2) is 10.4 Å². The minimum Gasteiger partial charge on any atom is -0.444 e. The summed E-state index contributed by atoms with van der Waals surface area (Å²) in [6.45, 7) is -2.82. The van der Waals surface area contributed by atoms with Gasteiger partial charge in [0.25, 0.3) is 5.91 Å². The van der Waals surface area contributed by atoms with Crippen LogP contribution in [0.1, 0.15) is 16.1 Å². The third-order valence-electron chi connectivity index (χ3n) is 3.19. The number of likely N-dealkylation sites (N-methyl/N-ethyl adjacent to an activating group) is 1. The number of furan rings is 1. The van der Waals surface area contributed by atoms with Gasteiger partial charge in [-0.25, -0.2) is 0 Å². The van der Waals surface area contributed by atoms with E-state index in [9.17, 15) is 18.4 Å². The van der Waals surface area contributed by atoms with Gasteiger partial charge in [0.2, 0.25) is 5.91 Å². The Hall–Kier alpha value is -2.42. The van der Waals surface area contributed by atoms with Crippen LogP contribution in [0.25, 0.3) is 0 Å². The van der Waals surface area contributed by atoms with E-state index in [4.69, 9.17) is 4.42 Å². The first-order chi connectivity index (χ1) is 11.8. The fraction of sp³-hybridized carbons (Fsp3) is 0.250. The smallest absolute Gasteiger partial charge is 0.387 e. The van der Waals surface area contributed by atoms with Crippen molar-refractivity contribution in [2.45, 2.75) is 13.2 Å². The number of hydrogen-bond acceptors (Lipinski definition) is 4. The van der Waals surface area contributed by atoms with Crippen molar-refractivity contribution < 1.29 is 27.5 Å². The first-order valence-electron chi connectivity index (χ1n) is 7.16. The molecule has 2 aromatic rings. The molecule has 0 saturated heterocycles.